The van der Waals surface area contributed by atoms with Crippen LogP contribution in [-0.4, -0.2) is 4.86 Å². The van der Waals surface area contributed by atoms with Crippen molar-refractivity contribution in [3.63, 3.8) is 0 Å². The standard InChI is InChI=1S/C11H7N3O/c12-8-13-14(15)11-7-3-5-9-4-1-2-6-10(9)11/h1-7H. The number of nitrogens with zero attached hydrogens (tertiary/aromatic N) is 3. The lowest BCUT2D eigenvalue weighted by Crippen LogP contribution is -1.90. The quantitative estimate of drug-likeness (QED) is 0.305. The molecule has 0 radical (unpaired) electrons. The van der Waals surface area contributed by atoms with Crippen LogP contribution in [0.4, 0.5) is 5.69 Å². The zero-order valence-corrected chi connectivity index (χ0v) is 7.79. The van der Waals surface area contributed by atoms with Gasteiger partial charge in [-0.05, 0) is 16.3 Å². The zero-order chi connectivity index (χ0) is 10.7. The molecule has 0 spiro atoms. The van der Waals surface area contributed by atoms with Crippen molar-refractivity contribution >= 4 is 16.5 Å². The Morgan fingerprint density at radius 2 is 1.87 bits per heavy atom. The smallest absolute Gasteiger partial charge is 0.274 e. The first-order valence-corrected chi connectivity index (χ1v) is 4.37. The molecule has 0 N–H and O–H groups in total. The maximum Gasteiger partial charge on any atom is 0.274 e. The van der Waals surface area contributed by atoms with E-state index in [0.717, 1.165) is 10.8 Å². The average Bonchev–Trinajstić information content (AvgIpc) is 2.28. The minimum atomic E-state index is 0.336. The van der Waals surface area contributed by atoms with Gasteiger partial charge in [-0.1, -0.05) is 30.3 Å². The Hall–Kier alpha value is -2.41. The third-order valence-electron chi connectivity index (χ3n) is 2.11. The molecule has 0 amide bonds. The van der Waals surface area contributed by atoms with Gasteiger partial charge in [0.2, 0.25) is 0 Å². The van der Waals surface area contributed by atoms with Gasteiger partial charge in [0.15, 0.2) is 0 Å². The van der Waals surface area contributed by atoms with Gasteiger partial charge in [-0.15, -0.1) is 0 Å². The predicted molar refractivity (Wildman–Crippen MR) is 55.3 cm³/mol. The predicted octanol–water partition coefficient (Wildman–Crippen LogP) is 2.91. The lowest BCUT2D eigenvalue weighted by molar-refractivity contribution is -0.433. The van der Waals surface area contributed by atoms with E-state index in [1.54, 1.807) is 12.1 Å². The van der Waals surface area contributed by atoms with Gasteiger partial charge in [0.1, 0.15) is 0 Å². The second kappa shape index (κ2) is 3.76. The minimum Gasteiger partial charge on any atom is -0.593 e. The first-order valence-electron chi connectivity index (χ1n) is 4.37. The zero-order valence-electron chi connectivity index (χ0n) is 7.79. The molecule has 0 heterocycles. The molecule has 2 aromatic carbocycles. The highest BCUT2D eigenvalue weighted by molar-refractivity contribution is 5.90. The number of benzene rings is 2. The van der Waals surface area contributed by atoms with Crippen LogP contribution in [0, 0.1) is 16.7 Å². The highest BCUT2D eigenvalue weighted by Crippen LogP contribution is 2.24. The normalized spacial score (nSPS) is 11.3. The summed E-state index contributed by atoms with van der Waals surface area (Å²) in [5.41, 5.74) is 0.384. The molecule has 0 bridgehead atoms. The van der Waals surface area contributed by atoms with Crippen molar-refractivity contribution in [2.24, 2.45) is 5.11 Å². The summed E-state index contributed by atoms with van der Waals surface area (Å²) in [4.78, 5) is 0.336. The van der Waals surface area contributed by atoms with E-state index in [0.29, 0.717) is 10.5 Å². The van der Waals surface area contributed by atoms with Gasteiger partial charge in [0.05, 0.1) is 10.5 Å². The van der Waals surface area contributed by atoms with E-state index in [1.165, 1.54) is 6.19 Å². The first kappa shape index (κ1) is 9.16. The Bertz CT molecular complexity index is 564. The second-order valence-electron chi connectivity index (χ2n) is 2.97. The lowest BCUT2D eigenvalue weighted by atomic mass is 10.1. The monoisotopic (exact) mass is 197 g/mol. The molecule has 72 valence electrons. The lowest BCUT2D eigenvalue weighted by Gasteiger charge is -2.01. The van der Waals surface area contributed by atoms with Gasteiger partial charge in [0.25, 0.3) is 11.9 Å². The summed E-state index contributed by atoms with van der Waals surface area (Å²) in [5.74, 6) is 0. The van der Waals surface area contributed by atoms with Gasteiger partial charge in [-0.25, -0.2) is 0 Å². The first-order chi connectivity index (χ1) is 7.33. The molecular formula is C11H7N3O. The van der Waals surface area contributed by atoms with Crippen LogP contribution in [0.2, 0.25) is 0 Å². The molecule has 0 aliphatic rings. The largest absolute Gasteiger partial charge is 0.593 e. The van der Waals surface area contributed by atoms with E-state index < -0.39 is 0 Å². The molecule has 0 aliphatic carbocycles. The summed E-state index contributed by atoms with van der Waals surface area (Å²) in [6.45, 7) is 0. The van der Waals surface area contributed by atoms with Crippen LogP contribution in [0.5, 0.6) is 0 Å². The Morgan fingerprint density at radius 1 is 1.13 bits per heavy atom. The van der Waals surface area contributed by atoms with Crippen LogP contribution >= 0.6 is 0 Å². The van der Waals surface area contributed by atoms with Crippen molar-refractivity contribution in [3.05, 3.63) is 47.7 Å². The highest BCUT2D eigenvalue weighted by Gasteiger charge is 2.08. The van der Waals surface area contributed by atoms with Crippen LogP contribution in [0.1, 0.15) is 0 Å². The third kappa shape index (κ3) is 1.63. The van der Waals surface area contributed by atoms with Crippen molar-refractivity contribution in [3.8, 4) is 6.19 Å². The van der Waals surface area contributed by atoms with E-state index >= 15 is 0 Å². The van der Waals surface area contributed by atoms with Gasteiger partial charge in [-0.2, -0.15) is 5.26 Å². The van der Waals surface area contributed by atoms with E-state index in [1.807, 2.05) is 30.3 Å². The Labute approximate surface area is 86.3 Å². The average molecular weight is 197 g/mol. The number of rotatable bonds is 1. The van der Waals surface area contributed by atoms with Crippen LogP contribution in [0.15, 0.2) is 47.6 Å². The van der Waals surface area contributed by atoms with Crippen molar-refractivity contribution < 1.29 is 4.86 Å². The molecular weight excluding hydrogens is 190 g/mol. The van der Waals surface area contributed by atoms with E-state index in [9.17, 15) is 5.21 Å². The summed E-state index contributed by atoms with van der Waals surface area (Å²) in [7, 11) is 0. The van der Waals surface area contributed by atoms with Crippen LogP contribution in [0.25, 0.3) is 10.8 Å². The summed E-state index contributed by atoms with van der Waals surface area (Å²) in [6, 6.07) is 12.8. The van der Waals surface area contributed by atoms with Crippen LogP contribution < -0.4 is 0 Å². The molecule has 0 aliphatic heterocycles. The molecule has 0 saturated heterocycles. The topological polar surface area (TPSA) is 62.2 Å². The number of hydrogen-bond acceptors (Lipinski definition) is 3. The third-order valence-corrected chi connectivity index (χ3v) is 2.11. The van der Waals surface area contributed by atoms with Crippen molar-refractivity contribution in [1.29, 1.82) is 5.26 Å². The Kier molecular flexibility index (Phi) is 2.30. The summed E-state index contributed by atoms with van der Waals surface area (Å²) >= 11 is 0. The van der Waals surface area contributed by atoms with Crippen LogP contribution in [-0.2, 0) is 0 Å². The van der Waals surface area contributed by atoms with Crippen LogP contribution in [0.3, 0.4) is 0 Å². The summed E-state index contributed by atoms with van der Waals surface area (Å²) < 4.78 is 0. The molecule has 4 heteroatoms. The number of hydrogen-bond donors (Lipinski definition) is 0. The van der Waals surface area contributed by atoms with Gasteiger partial charge >= 0.3 is 0 Å². The fraction of sp³-hybridized carbons (Fsp3) is 0. The maximum atomic E-state index is 11.4. The molecule has 0 saturated carbocycles. The second-order valence-corrected chi connectivity index (χ2v) is 2.97. The van der Waals surface area contributed by atoms with Crippen molar-refractivity contribution in [2.45, 2.75) is 0 Å². The molecule has 2 aromatic rings. The van der Waals surface area contributed by atoms with E-state index in [4.69, 9.17) is 5.26 Å². The van der Waals surface area contributed by atoms with E-state index in [2.05, 4.69) is 5.11 Å². The Balaban J connectivity index is 2.72. The maximum absolute atomic E-state index is 11.4. The van der Waals surface area contributed by atoms with Crippen molar-refractivity contribution in [1.82, 2.24) is 0 Å². The minimum absolute atomic E-state index is 0.336. The molecule has 0 fully saturated rings. The number of nitriles is 1. The molecule has 4 nitrogen and oxygen atoms in total. The highest BCUT2D eigenvalue weighted by atomic mass is 16.5. The van der Waals surface area contributed by atoms with Gasteiger partial charge < -0.3 is 5.21 Å². The number of fused-ring (bicyclic) bond motifs is 1. The summed E-state index contributed by atoms with van der Waals surface area (Å²) in [6.07, 6.45) is 1.47. The SMILES string of the molecule is N#CN=[N+]([O-])c1cccc2ccccc12. The molecule has 0 unspecified atom stereocenters. The fourth-order valence-electron chi connectivity index (χ4n) is 1.47. The Morgan fingerprint density at radius 3 is 2.67 bits per heavy atom. The molecule has 0 atom stereocenters. The van der Waals surface area contributed by atoms with Crippen molar-refractivity contribution in [2.75, 3.05) is 0 Å². The summed E-state index contributed by atoms with van der Waals surface area (Å²) in [5, 5.41) is 24.6. The van der Waals surface area contributed by atoms with Gasteiger partial charge in [0, 0.05) is 6.07 Å². The molecule has 15 heavy (non-hydrogen) atoms. The van der Waals surface area contributed by atoms with Gasteiger partial charge in [-0.3, -0.25) is 0 Å². The number of azo groups is 1. The van der Waals surface area contributed by atoms with E-state index in [-0.39, 0.29) is 0 Å². The molecule has 0 aromatic heterocycles. The molecule has 2 rings (SSSR count). The fourth-order valence-corrected chi connectivity index (χ4v) is 1.47.